The third kappa shape index (κ3) is 2.47. The van der Waals surface area contributed by atoms with Crippen molar-refractivity contribution in [3.8, 4) is 5.75 Å². The van der Waals surface area contributed by atoms with Gasteiger partial charge in [0.2, 0.25) is 0 Å². The summed E-state index contributed by atoms with van der Waals surface area (Å²) in [5.41, 5.74) is 1.50. The molecular weight excluding hydrogens is 267 g/mol. The minimum atomic E-state index is -0.392. The first-order chi connectivity index (χ1) is 9.84. The van der Waals surface area contributed by atoms with E-state index in [1.54, 1.807) is 7.11 Å². The first-order valence-corrected chi connectivity index (χ1v) is 7.45. The number of hydrogen-bond donors (Lipinski definition) is 0. The monoisotopic (exact) mass is 290 g/mol. The Hall–Kier alpha value is -1.04. The first-order valence-electron chi connectivity index (χ1n) is 7.45. The SMILES string of the molecule is COc1cc(C2COC2)ccc1B1OC(C)(C)C(C)(C)O1. The van der Waals surface area contributed by atoms with E-state index in [4.69, 9.17) is 18.8 Å². The van der Waals surface area contributed by atoms with Gasteiger partial charge in [0.1, 0.15) is 5.75 Å². The molecule has 114 valence electrons. The fraction of sp³-hybridized carbons (Fsp3) is 0.625. The molecule has 3 rings (SSSR count). The maximum absolute atomic E-state index is 6.11. The Bertz CT molecular complexity index is 521. The molecule has 0 radical (unpaired) electrons. The fourth-order valence-corrected chi connectivity index (χ4v) is 2.57. The second-order valence-electron chi connectivity index (χ2n) is 6.82. The van der Waals surface area contributed by atoms with Gasteiger partial charge in [0.25, 0.3) is 0 Å². The maximum Gasteiger partial charge on any atom is 0.498 e. The van der Waals surface area contributed by atoms with Crippen LogP contribution >= 0.6 is 0 Å². The minimum Gasteiger partial charge on any atom is -0.497 e. The van der Waals surface area contributed by atoms with Gasteiger partial charge in [-0.05, 0) is 39.3 Å². The lowest BCUT2D eigenvalue weighted by molar-refractivity contribution is 0.00578. The lowest BCUT2D eigenvalue weighted by Gasteiger charge is -2.32. The lowest BCUT2D eigenvalue weighted by Crippen LogP contribution is -2.41. The van der Waals surface area contributed by atoms with Crippen molar-refractivity contribution in [2.75, 3.05) is 20.3 Å². The Labute approximate surface area is 126 Å². The van der Waals surface area contributed by atoms with Crippen LogP contribution in [0, 0.1) is 0 Å². The van der Waals surface area contributed by atoms with Crippen molar-refractivity contribution in [1.82, 2.24) is 0 Å². The molecule has 0 atom stereocenters. The molecule has 2 aliphatic heterocycles. The Morgan fingerprint density at radius 3 is 2.19 bits per heavy atom. The van der Waals surface area contributed by atoms with Gasteiger partial charge in [0.15, 0.2) is 0 Å². The summed E-state index contributed by atoms with van der Waals surface area (Å²) in [5, 5.41) is 0. The average molecular weight is 290 g/mol. The number of hydrogen-bond acceptors (Lipinski definition) is 4. The van der Waals surface area contributed by atoms with Crippen LogP contribution in [0.4, 0.5) is 0 Å². The number of methoxy groups -OCH3 is 1. The quantitative estimate of drug-likeness (QED) is 0.799. The second-order valence-corrected chi connectivity index (χ2v) is 6.82. The second kappa shape index (κ2) is 5.01. The van der Waals surface area contributed by atoms with Gasteiger partial charge >= 0.3 is 7.12 Å². The summed E-state index contributed by atoms with van der Waals surface area (Å²) in [6, 6.07) is 6.25. The fourth-order valence-electron chi connectivity index (χ4n) is 2.57. The van der Waals surface area contributed by atoms with Crippen molar-refractivity contribution in [2.45, 2.75) is 44.8 Å². The van der Waals surface area contributed by atoms with Crippen LogP contribution in [0.1, 0.15) is 39.2 Å². The van der Waals surface area contributed by atoms with E-state index in [0.29, 0.717) is 5.92 Å². The molecule has 0 N–H and O–H groups in total. The van der Waals surface area contributed by atoms with Gasteiger partial charge < -0.3 is 18.8 Å². The molecule has 2 heterocycles. The molecule has 0 aliphatic carbocycles. The Balaban J connectivity index is 1.89. The minimum absolute atomic E-state index is 0.344. The summed E-state index contributed by atoms with van der Waals surface area (Å²) in [5.74, 6) is 1.30. The number of ether oxygens (including phenoxy) is 2. The van der Waals surface area contributed by atoms with Crippen LogP contribution in [-0.4, -0.2) is 38.6 Å². The zero-order valence-corrected chi connectivity index (χ0v) is 13.4. The highest BCUT2D eigenvalue weighted by molar-refractivity contribution is 6.63. The Kier molecular flexibility index (Phi) is 3.55. The van der Waals surface area contributed by atoms with Gasteiger partial charge in [-0.15, -0.1) is 0 Å². The van der Waals surface area contributed by atoms with Crippen LogP contribution in [0.2, 0.25) is 0 Å². The Morgan fingerprint density at radius 2 is 1.71 bits per heavy atom. The van der Waals surface area contributed by atoms with E-state index >= 15 is 0 Å². The largest absolute Gasteiger partial charge is 0.498 e. The van der Waals surface area contributed by atoms with Crippen LogP contribution in [0.25, 0.3) is 0 Å². The van der Waals surface area contributed by atoms with E-state index in [9.17, 15) is 0 Å². The third-order valence-corrected chi connectivity index (χ3v) is 4.87. The molecular formula is C16H23BO4. The summed E-state index contributed by atoms with van der Waals surface area (Å²) < 4.78 is 23.0. The van der Waals surface area contributed by atoms with Crippen LogP contribution in [-0.2, 0) is 14.0 Å². The first kappa shape index (κ1) is 14.9. The third-order valence-electron chi connectivity index (χ3n) is 4.87. The summed E-state index contributed by atoms with van der Waals surface area (Å²) in [6.07, 6.45) is 0. The zero-order chi connectivity index (χ0) is 15.3. The molecule has 2 fully saturated rings. The zero-order valence-electron chi connectivity index (χ0n) is 13.4. The summed E-state index contributed by atoms with van der Waals surface area (Å²) in [7, 11) is 1.29. The van der Waals surface area contributed by atoms with Gasteiger partial charge in [0, 0.05) is 11.4 Å². The van der Waals surface area contributed by atoms with Crippen LogP contribution in [0.15, 0.2) is 18.2 Å². The maximum atomic E-state index is 6.11. The summed E-state index contributed by atoms with van der Waals surface area (Å²) >= 11 is 0. The van der Waals surface area contributed by atoms with Gasteiger partial charge in [-0.1, -0.05) is 12.1 Å². The van der Waals surface area contributed by atoms with E-state index in [-0.39, 0.29) is 11.2 Å². The van der Waals surface area contributed by atoms with Crippen molar-refractivity contribution in [2.24, 2.45) is 0 Å². The summed E-state index contributed by atoms with van der Waals surface area (Å²) in [6.45, 7) is 9.80. The Morgan fingerprint density at radius 1 is 1.10 bits per heavy atom. The predicted molar refractivity (Wildman–Crippen MR) is 82.3 cm³/mol. The molecule has 1 aromatic rings. The van der Waals surface area contributed by atoms with E-state index in [1.807, 2.05) is 0 Å². The standard InChI is InChI=1S/C16H23BO4/c1-15(2)16(3,4)21-17(20-15)13-7-6-11(8-14(13)18-5)12-9-19-10-12/h6-8,12H,9-10H2,1-5H3. The van der Waals surface area contributed by atoms with Crippen molar-refractivity contribution in [1.29, 1.82) is 0 Å². The van der Waals surface area contributed by atoms with Gasteiger partial charge in [-0.2, -0.15) is 0 Å². The van der Waals surface area contributed by atoms with E-state index in [0.717, 1.165) is 24.4 Å². The molecule has 4 nitrogen and oxygen atoms in total. The molecule has 5 heteroatoms. The van der Waals surface area contributed by atoms with E-state index < -0.39 is 7.12 Å². The molecule has 2 aliphatic rings. The van der Waals surface area contributed by atoms with E-state index in [2.05, 4.69) is 45.9 Å². The molecule has 21 heavy (non-hydrogen) atoms. The topological polar surface area (TPSA) is 36.9 Å². The van der Waals surface area contributed by atoms with Gasteiger partial charge in [-0.25, -0.2) is 0 Å². The highest BCUT2D eigenvalue weighted by atomic mass is 16.7. The molecule has 0 aromatic heterocycles. The smallest absolute Gasteiger partial charge is 0.497 e. The van der Waals surface area contributed by atoms with Crippen molar-refractivity contribution in [3.63, 3.8) is 0 Å². The predicted octanol–water partition coefficient (Wildman–Crippen LogP) is 2.11. The summed E-state index contributed by atoms with van der Waals surface area (Å²) in [4.78, 5) is 0. The lowest BCUT2D eigenvalue weighted by atomic mass is 9.77. The van der Waals surface area contributed by atoms with E-state index in [1.165, 1.54) is 5.56 Å². The van der Waals surface area contributed by atoms with Crippen LogP contribution < -0.4 is 10.2 Å². The highest BCUT2D eigenvalue weighted by Gasteiger charge is 2.52. The van der Waals surface area contributed by atoms with Crippen molar-refractivity contribution >= 4 is 12.6 Å². The highest BCUT2D eigenvalue weighted by Crippen LogP contribution is 2.37. The molecule has 0 amide bonds. The van der Waals surface area contributed by atoms with Crippen LogP contribution in [0.5, 0.6) is 5.75 Å². The number of benzene rings is 1. The molecule has 2 saturated heterocycles. The molecule has 0 spiro atoms. The number of rotatable bonds is 3. The van der Waals surface area contributed by atoms with Crippen LogP contribution in [0.3, 0.4) is 0 Å². The van der Waals surface area contributed by atoms with Crippen molar-refractivity contribution < 1.29 is 18.8 Å². The molecule has 0 bridgehead atoms. The molecule has 0 unspecified atom stereocenters. The van der Waals surface area contributed by atoms with Gasteiger partial charge in [-0.3, -0.25) is 0 Å². The normalized spacial score (nSPS) is 24.0. The van der Waals surface area contributed by atoms with Crippen molar-refractivity contribution in [3.05, 3.63) is 23.8 Å². The average Bonchev–Trinajstić information content (AvgIpc) is 2.56. The molecule has 1 aromatic carbocycles. The van der Waals surface area contributed by atoms with Gasteiger partial charge in [0.05, 0.1) is 31.5 Å². The molecule has 0 saturated carbocycles.